The van der Waals surface area contributed by atoms with Crippen molar-refractivity contribution in [1.82, 2.24) is 25.3 Å². The average molecular weight is 355 g/mol. The Bertz CT molecular complexity index is 784. The van der Waals surface area contributed by atoms with Gasteiger partial charge in [-0.2, -0.15) is 0 Å². The molecule has 0 saturated carbocycles. The summed E-state index contributed by atoms with van der Waals surface area (Å²) in [6, 6.07) is 0. The minimum absolute atomic E-state index is 0.0619. The second-order valence-electron chi connectivity index (χ2n) is 6.42. The first-order chi connectivity index (χ1) is 12.5. The van der Waals surface area contributed by atoms with Crippen molar-refractivity contribution in [3.8, 4) is 0 Å². The third kappa shape index (κ3) is 4.17. The van der Waals surface area contributed by atoms with Gasteiger partial charge >= 0.3 is 0 Å². The first-order valence-corrected chi connectivity index (χ1v) is 8.36. The number of aryl methyl sites for hydroxylation is 2. The lowest BCUT2D eigenvalue weighted by atomic mass is 9.82. The third-order valence-corrected chi connectivity index (χ3v) is 4.33. The van der Waals surface area contributed by atoms with Crippen LogP contribution < -0.4 is 16.0 Å². The minimum Gasteiger partial charge on any atom is -0.323 e. The highest BCUT2D eigenvalue weighted by Gasteiger charge is 2.43. The van der Waals surface area contributed by atoms with Crippen LogP contribution in [0, 0.1) is 19.3 Å². The largest absolute Gasteiger partial charge is 0.323 e. The van der Waals surface area contributed by atoms with Gasteiger partial charge < -0.3 is 16.0 Å². The van der Waals surface area contributed by atoms with Crippen LogP contribution >= 0.6 is 0 Å². The molecule has 3 heterocycles. The molecular formula is C17H21N7O2. The topological polar surface area (TPSA) is 122 Å². The van der Waals surface area contributed by atoms with E-state index in [0.717, 1.165) is 0 Å². The van der Waals surface area contributed by atoms with E-state index in [1.165, 1.54) is 0 Å². The molecule has 2 aromatic rings. The molecule has 9 nitrogen and oxygen atoms in total. The number of nitrogens with zero attached hydrogens (tertiary/aromatic N) is 4. The van der Waals surface area contributed by atoms with Gasteiger partial charge in [-0.1, -0.05) is 0 Å². The van der Waals surface area contributed by atoms with Crippen LogP contribution in [0.3, 0.4) is 0 Å². The number of rotatable bonds is 5. The second kappa shape index (κ2) is 7.52. The Hall–Kier alpha value is -2.94. The van der Waals surface area contributed by atoms with Crippen LogP contribution in [-0.4, -0.2) is 44.8 Å². The van der Waals surface area contributed by atoms with Crippen LogP contribution in [0.15, 0.2) is 24.8 Å². The monoisotopic (exact) mass is 355 g/mol. The van der Waals surface area contributed by atoms with Gasteiger partial charge in [-0.3, -0.25) is 9.59 Å². The Balaban J connectivity index is 1.68. The van der Waals surface area contributed by atoms with E-state index in [4.69, 9.17) is 0 Å². The zero-order chi connectivity index (χ0) is 18.6. The molecule has 2 amide bonds. The number of hydrogen-bond acceptors (Lipinski definition) is 7. The Kier molecular flexibility index (Phi) is 5.17. The van der Waals surface area contributed by atoms with Gasteiger partial charge in [0.2, 0.25) is 11.8 Å². The van der Waals surface area contributed by atoms with Crippen LogP contribution in [0.4, 0.5) is 11.4 Å². The van der Waals surface area contributed by atoms with Gasteiger partial charge in [0.15, 0.2) is 0 Å². The molecule has 1 aliphatic rings. The molecule has 1 saturated heterocycles. The summed E-state index contributed by atoms with van der Waals surface area (Å²) in [5, 5.41) is 8.74. The fraction of sp³-hybridized carbons (Fsp3) is 0.412. The van der Waals surface area contributed by atoms with Crippen molar-refractivity contribution >= 4 is 23.2 Å². The quantitative estimate of drug-likeness (QED) is 0.726. The van der Waals surface area contributed by atoms with Crippen molar-refractivity contribution in [2.75, 3.05) is 23.7 Å². The summed E-state index contributed by atoms with van der Waals surface area (Å²) in [5.74, 6) is 0.779. The van der Waals surface area contributed by atoms with Crippen LogP contribution in [0.1, 0.15) is 24.5 Å². The van der Waals surface area contributed by atoms with E-state index in [1.54, 1.807) is 38.6 Å². The zero-order valence-electron chi connectivity index (χ0n) is 14.7. The van der Waals surface area contributed by atoms with E-state index in [1.807, 2.05) is 0 Å². The van der Waals surface area contributed by atoms with Crippen molar-refractivity contribution in [2.24, 2.45) is 5.41 Å². The number of carbonyl (C=O) groups is 2. The number of hydrogen-bond donors (Lipinski definition) is 3. The molecular weight excluding hydrogens is 334 g/mol. The molecule has 136 valence electrons. The highest BCUT2D eigenvalue weighted by Crippen LogP contribution is 2.31. The molecule has 3 N–H and O–H groups in total. The van der Waals surface area contributed by atoms with Crippen LogP contribution in [0.25, 0.3) is 0 Å². The molecule has 3 rings (SSSR count). The number of amides is 2. The van der Waals surface area contributed by atoms with Gasteiger partial charge in [0, 0.05) is 13.0 Å². The van der Waals surface area contributed by atoms with E-state index in [-0.39, 0.29) is 18.2 Å². The molecule has 0 radical (unpaired) electrons. The van der Waals surface area contributed by atoms with Crippen molar-refractivity contribution in [3.63, 3.8) is 0 Å². The maximum absolute atomic E-state index is 12.8. The van der Waals surface area contributed by atoms with Crippen LogP contribution in [-0.2, 0) is 9.59 Å². The average Bonchev–Trinajstić information content (AvgIpc) is 3.08. The van der Waals surface area contributed by atoms with E-state index < -0.39 is 5.41 Å². The summed E-state index contributed by atoms with van der Waals surface area (Å²) in [5.41, 5.74) is 0.203. The summed E-state index contributed by atoms with van der Waals surface area (Å²) in [6.45, 7) is 4.65. The summed E-state index contributed by atoms with van der Waals surface area (Å²) in [4.78, 5) is 41.5. The van der Waals surface area contributed by atoms with E-state index in [9.17, 15) is 9.59 Å². The molecule has 1 fully saturated rings. The highest BCUT2D eigenvalue weighted by molar-refractivity contribution is 6.00. The summed E-state index contributed by atoms with van der Waals surface area (Å²) in [7, 11) is 0. The lowest BCUT2D eigenvalue weighted by molar-refractivity contribution is -0.129. The zero-order valence-corrected chi connectivity index (χ0v) is 14.7. The lowest BCUT2D eigenvalue weighted by Crippen LogP contribution is -2.41. The Morgan fingerprint density at radius 2 is 1.54 bits per heavy atom. The fourth-order valence-corrected chi connectivity index (χ4v) is 2.86. The molecule has 9 heteroatoms. The normalized spacial score (nSPS) is 19.2. The predicted octanol–water partition coefficient (Wildman–Crippen LogP) is 0.830. The van der Waals surface area contributed by atoms with E-state index in [2.05, 4.69) is 35.9 Å². The first kappa shape index (κ1) is 17.9. The number of nitrogens with one attached hydrogen (secondary N) is 3. The maximum atomic E-state index is 12.8. The van der Waals surface area contributed by atoms with Crippen LogP contribution in [0.5, 0.6) is 0 Å². The Morgan fingerprint density at radius 3 is 2.04 bits per heavy atom. The number of anilines is 2. The van der Waals surface area contributed by atoms with Gasteiger partial charge in [-0.15, -0.1) is 0 Å². The summed E-state index contributed by atoms with van der Waals surface area (Å²) < 4.78 is 0. The van der Waals surface area contributed by atoms with Gasteiger partial charge in [-0.25, -0.2) is 19.9 Å². The highest BCUT2D eigenvalue weighted by atomic mass is 16.2. The van der Waals surface area contributed by atoms with Crippen molar-refractivity contribution in [3.05, 3.63) is 36.4 Å². The molecule has 0 spiro atoms. The fourth-order valence-electron chi connectivity index (χ4n) is 2.86. The SMILES string of the molecule is Cc1ncc(NC(=O)CC2(C(=O)Nc3cnc(C)nc3)CCNC2)cn1. The summed E-state index contributed by atoms with van der Waals surface area (Å²) in [6.07, 6.45) is 6.84. The second-order valence-corrected chi connectivity index (χ2v) is 6.42. The molecule has 1 atom stereocenters. The van der Waals surface area contributed by atoms with Crippen molar-refractivity contribution in [2.45, 2.75) is 26.7 Å². The van der Waals surface area contributed by atoms with Gasteiger partial charge in [0.1, 0.15) is 11.6 Å². The molecule has 2 aromatic heterocycles. The molecule has 1 unspecified atom stereocenters. The number of aromatic nitrogens is 4. The smallest absolute Gasteiger partial charge is 0.232 e. The van der Waals surface area contributed by atoms with Crippen molar-refractivity contribution in [1.29, 1.82) is 0 Å². The molecule has 0 aromatic carbocycles. The predicted molar refractivity (Wildman–Crippen MR) is 95.3 cm³/mol. The Morgan fingerprint density at radius 1 is 1.00 bits per heavy atom. The van der Waals surface area contributed by atoms with E-state index >= 15 is 0 Å². The standard InChI is InChI=1S/C17H21N7O2/c1-11-19-6-13(7-20-11)23-15(25)5-17(3-4-18-10-17)16(26)24-14-8-21-12(2)22-9-14/h6-9,18H,3-5,10H2,1-2H3,(H,23,25)(H,24,26). The van der Waals surface area contributed by atoms with Crippen molar-refractivity contribution < 1.29 is 9.59 Å². The van der Waals surface area contributed by atoms with Gasteiger partial charge in [-0.05, 0) is 26.8 Å². The van der Waals surface area contributed by atoms with Gasteiger partial charge in [0.05, 0.1) is 41.6 Å². The number of carbonyl (C=O) groups excluding carboxylic acids is 2. The first-order valence-electron chi connectivity index (χ1n) is 8.36. The minimum atomic E-state index is -0.819. The molecule has 1 aliphatic heterocycles. The molecule has 0 aliphatic carbocycles. The van der Waals surface area contributed by atoms with Crippen LogP contribution in [0.2, 0.25) is 0 Å². The lowest BCUT2D eigenvalue weighted by Gasteiger charge is -2.26. The molecule has 26 heavy (non-hydrogen) atoms. The maximum Gasteiger partial charge on any atom is 0.232 e. The summed E-state index contributed by atoms with van der Waals surface area (Å²) >= 11 is 0. The Labute approximate surface area is 151 Å². The third-order valence-electron chi connectivity index (χ3n) is 4.33. The van der Waals surface area contributed by atoms with Gasteiger partial charge in [0.25, 0.3) is 0 Å². The van der Waals surface area contributed by atoms with E-state index in [0.29, 0.717) is 42.5 Å². The molecule has 0 bridgehead atoms.